The lowest BCUT2D eigenvalue weighted by Gasteiger charge is -2.36. The van der Waals surface area contributed by atoms with Crippen LogP contribution in [0.25, 0.3) is 10.9 Å². The minimum absolute atomic E-state index is 0.0559. The van der Waals surface area contributed by atoms with Crippen molar-refractivity contribution >= 4 is 34.1 Å². The first-order valence-corrected chi connectivity index (χ1v) is 12.2. The SMILES string of the molecule is COc1cc(C(=O)N2CCN(c3ccc(NC(=O)COc4ccccc4)cc3)CC2)nc2ccccc12. The summed E-state index contributed by atoms with van der Waals surface area (Å²) < 4.78 is 11.0. The Morgan fingerprint density at radius 2 is 1.59 bits per heavy atom. The third kappa shape index (κ3) is 5.64. The van der Waals surface area contributed by atoms with E-state index in [4.69, 9.17) is 9.47 Å². The number of ether oxygens (including phenoxy) is 2. The Labute approximate surface area is 215 Å². The van der Waals surface area contributed by atoms with E-state index >= 15 is 0 Å². The molecule has 37 heavy (non-hydrogen) atoms. The molecule has 4 aromatic rings. The minimum Gasteiger partial charge on any atom is -0.496 e. The lowest BCUT2D eigenvalue weighted by Crippen LogP contribution is -2.49. The number of benzene rings is 3. The molecule has 1 fully saturated rings. The summed E-state index contributed by atoms with van der Waals surface area (Å²) in [6, 6.07) is 26.3. The van der Waals surface area contributed by atoms with Gasteiger partial charge in [-0.25, -0.2) is 4.98 Å². The van der Waals surface area contributed by atoms with Gasteiger partial charge in [0, 0.05) is 49.0 Å². The molecule has 1 aliphatic heterocycles. The maximum atomic E-state index is 13.2. The number of aromatic nitrogens is 1. The number of amides is 2. The molecule has 1 aromatic heterocycles. The summed E-state index contributed by atoms with van der Waals surface area (Å²) in [7, 11) is 1.60. The summed E-state index contributed by atoms with van der Waals surface area (Å²) in [6.45, 7) is 2.52. The second-order valence-electron chi connectivity index (χ2n) is 8.70. The van der Waals surface area contributed by atoms with Crippen LogP contribution in [0.1, 0.15) is 10.5 Å². The van der Waals surface area contributed by atoms with Gasteiger partial charge in [0.25, 0.3) is 11.8 Å². The maximum absolute atomic E-state index is 13.2. The Bertz CT molecular complexity index is 1380. The first-order valence-electron chi connectivity index (χ1n) is 12.2. The molecular weight excluding hydrogens is 468 g/mol. The van der Waals surface area contributed by atoms with E-state index in [-0.39, 0.29) is 18.4 Å². The molecule has 8 heteroatoms. The highest BCUT2D eigenvalue weighted by molar-refractivity contribution is 5.97. The van der Waals surface area contributed by atoms with Crippen LogP contribution >= 0.6 is 0 Å². The second kappa shape index (κ2) is 11.0. The van der Waals surface area contributed by atoms with Gasteiger partial charge < -0.3 is 24.6 Å². The van der Waals surface area contributed by atoms with Crippen molar-refractivity contribution in [3.8, 4) is 11.5 Å². The Hall–Kier alpha value is -4.59. The molecule has 0 radical (unpaired) electrons. The van der Waals surface area contributed by atoms with Crippen LogP contribution in [-0.2, 0) is 4.79 Å². The molecule has 0 aliphatic carbocycles. The Morgan fingerprint density at radius 3 is 2.32 bits per heavy atom. The summed E-state index contributed by atoms with van der Waals surface area (Å²) in [5.74, 6) is 0.981. The molecule has 8 nitrogen and oxygen atoms in total. The van der Waals surface area contributed by atoms with Crippen molar-refractivity contribution in [3.05, 3.63) is 90.6 Å². The van der Waals surface area contributed by atoms with Gasteiger partial charge in [0.05, 0.1) is 12.6 Å². The van der Waals surface area contributed by atoms with Gasteiger partial charge >= 0.3 is 0 Å². The van der Waals surface area contributed by atoms with Crippen LogP contribution in [0.2, 0.25) is 0 Å². The first-order chi connectivity index (χ1) is 18.1. The molecule has 3 aromatic carbocycles. The van der Waals surface area contributed by atoms with Crippen molar-refractivity contribution in [1.29, 1.82) is 0 Å². The van der Waals surface area contributed by atoms with Crippen LogP contribution in [-0.4, -0.2) is 61.6 Å². The van der Waals surface area contributed by atoms with E-state index < -0.39 is 0 Å². The number of carbonyl (C=O) groups excluding carboxylic acids is 2. The van der Waals surface area contributed by atoms with E-state index in [0.29, 0.717) is 49.1 Å². The van der Waals surface area contributed by atoms with E-state index in [0.717, 1.165) is 16.6 Å². The molecule has 2 amide bonds. The van der Waals surface area contributed by atoms with Crippen LogP contribution in [0, 0.1) is 0 Å². The van der Waals surface area contributed by atoms with Gasteiger partial charge in [-0.05, 0) is 48.5 Å². The van der Waals surface area contributed by atoms with Crippen LogP contribution in [0.5, 0.6) is 11.5 Å². The van der Waals surface area contributed by atoms with Crippen molar-refractivity contribution in [2.75, 3.05) is 50.1 Å². The minimum atomic E-state index is -0.220. The van der Waals surface area contributed by atoms with Crippen molar-refractivity contribution in [2.45, 2.75) is 0 Å². The Morgan fingerprint density at radius 1 is 0.892 bits per heavy atom. The molecule has 188 valence electrons. The predicted molar refractivity (Wildman–Crippen MR) is 143 cm³/mol. The molecule has 0 unspecified atom stereocenters. The molecule has 0 atom stereocenters. The molecule has 1 N–H and O–H groups in total. The summed E-state index contributed by atoms with van der Waals surface area (Å²) in [5, 5.41) is 3.74. The van der Waals surface area contributed by atoms with Gasteiger partial charge in [0.1, 0.15) is 17.2 Å². The largest absolute Gasteiger partial charge is 0.496 e. The van der Waals surface area contributed by atoms with Crippen molar-refractivity contribution < 1.29 is 19.1 Å². The highest BCUT2D eigenvalue weighted by Crippen LogP contribution is 2.26. The fraction of sp³-hybridized carbons (Fsp3) is 0.207. The number of nitrogens with zero attached hydrogens (tertiary/aromatic N) is 3. The quantitative estimate of drug-likeness (QED) is 0.412. The average molecular weight is 497 g/mol. The number of anilines is 2. The topological polar surface area (TPSA) is 84.0 Å². The van der Waals surface area contributed by atoms with Crippen LogP contribution in [0.3, 0.4) is 0 Å². The molecule has 5 rings (SSSR count). The summed E-state index contributed by atoms with van der Waals surface area (Å²) >= 11 is 0. The molecule has 0 saturated carbocycles. The standard InChI is InChI=1S/C29H28N4O4/c1-36-27-19-26(31-25-10-6-5-9-24(25)27)29(35)33-17-15-32(16-18-33)22-13-11-21(12-14-22)30-28(34)20-37-23-7-3-2-4-8-23/h2-14,19H,15-18,20H2,1H3,(H,30,34). The van der Waals surface area contributed by atoms with Crippen molar-refractivity contribution in [2.24, 2.45) is 0 Å². The number of pyridine rings is 1. The molecule has 0 bridgehead atoms. The van der Waals surface area contributed by atoms with Gasteiger partial charge in [0.2, 0.25) is 0 Å². The number of piperazine rings is 1. The van der Waals surface area contributed by atoms with E-state index in [9.17, 15) is 9.59 Å². The number of hydrogen-bond donors (Lipinski definition) is 1. The summed E-state index contributed by atoms with van der Waals surface area (Å²) in [5.41, 5.74) is 2.87. The van der Waals surface area contributed by atoms with E-state index in [1.807, 2.05) is 83.8 Å². The number of para-hydroxylation sites is 2. The first kappa shape index (κ1) is 24.1. The van der Waals surface area contributed by atoms with Crippen LogP contribution in [0.15, 0.2) is 84.9 Å². The molecule has 1 aliphatic rings. The normalized spacial score (nSPS) is 13.3. The van der Waals surface area contributed by atoms with Gasteiger partial charge in [-0.1, -0.05) is 30.3 Å². The Kier molecular flexibility index (Phi) is 7.16. The lowest BCUT2D eigenvalue weighted by molar-refractivity contribution is -0.118. The monoisotopic (exact) mass is 496 g/mol. The second-order valence-corrected chi connectivity index (χ2v) is 8.70. The lowest BCUT2D eigenvalue weighted by atomic mass is 10.1. The smallest absolute Gasteiger partial charge is 0.272 e. The van der Waals surface area contributed by atoms with Crippen LogP contribution < -0.4 is 19.7 Å². The predicted octanol–water partition coefficient (Wildman–Crippen LogP) is 4.22. The summed E-state index contributed by atoms with van der Waals surface area (Å²) in [4.78, 5) is 34.0. The van der Waals surface area contributed by atoms with Crippen LogP contribution in [0.4, 0.5) is 11.4 Å². The number of methoxy groups -OCH3 is 1. The zero-order valence-electron chi connectivity index (χ0n) is 20.6. The molecule has 1 saturated heterocycles. The molecule has 2 heterocycles. The molecular formula is C29H28N4O4. The van der Waals surface area contributed by atoms with Crippen molar-refractivity contribution in [3.63, 3.8) is 0 Å². The third-order valence-electron chi connectivity index (χ3n) is 6.31. The molecule has 0 spiro atoms. The zero-order chi connectivity index (χ0) is 25.6. The van der Waals surface area contributed by atoms with E-state index in [1.165, 1.54) is 0 Å². The number of carbonyl (C=O) groups is 2. The summed E-state index contributed by atoms with van der Waals surface area (Å²) in [6.07, 6.45) is 0. The van der Waals surface area contributed by atoms with E-state index in [1.54, 1.807) is 13.2 Å². The van der Waals surface area contributed by atoms with Crippen molar-refractivity contribution in [1.82, 2.24) is 9.88 Å². The zero-order valence-corrected chi connectivity index (χ0v) is 20.6. The highest BCUT2D eigenvalue weighted by Gasteiger charge is 2.24. The van der Waals surface area contributed by atoms with Gasteiger partial charge in [-0.3, -0.25) is 9.59 Å². The van der Waals surface area contributed by atoms with Gasteiger partial charge in [-0.15, -0.1) is 0 Å². The fourth-order valence-corrected chi connectivity index (χ4v) is 4.37. The maximum Gasteiger partial charge on any atom is 0.272 e. The number of nitrogens with one attached hydrogen (secondary N) is 1. The number of hydrogen-bond acceptors (Lipinski definition) is 6. The van der Waals surface area contributed by atoms with Gasteiger partial charge in [0.15, 0.2) is 6.61 Å². The number of fused-ring (bicyclic) bond motifs is 1. The third-order valence-corrected chi connectivity index (χ3v) is 6.31. The number of rotatable bonds is 7. The highest BCUT2D eigenvalue weighted by atomic mass is 16.5. The average Bonchev–Trinajstić information content (AvgIpc) is 2.96. The Balaban J connectivity index is 1.15. The van der Waals surface area contributed by atoms with E-state index in [2.05, 4.69) is 15.2 Å². The fourth-order valence-electron chi connectivity index (χ4n) is 4.37. The van der Waals surface area contributed by atoms with Gasteiger partial charge in [-0.2, -0.15) is 0 Å².